The van der Waals surface area contributed by atoms with E-state index in [1.807, 2.05) is 35.2 Å². The zero-order valence-electron chi connectivity index (χ0n) is 21.3. The van der Waals surface area contributed by atoms with Crippen molar-refractivity contribution in [3.63, 3.8) is 0 Å². The molecule has 2 N–H and O–H groups in total. The Balaban J connectivity index is 1.52. The maximum atomic E-state index is 12.8. The van der Waals surface area contributed by atoms with Crippen LogP contribution in [-0.4, -0.2) is 52.9 Å². The Morgan fingerprint density at radius 2 is 1.84 bits per heavy atom. The lowest BCUT2D eigenvalue weighted by Gasteiger charge is -2.16. The smallest absolute Gasteiger partial charge is 0.324 e. The van der Waals surface area contributed by atoms with E-state index in [4.69, 9.17) is 33.0 Å². The Hall–Kier alpha value is -3.07. The number of amides is 3. The van der Waals surface area contributed by atoms with E-state index in [-0.39, 0.29) is 22.4 Å². The maximum absolute atomic E-state index is 12.8. The molecule has 2 aromatic carbocycles. The van der Waals surface area contributed by atoms with Crippen LogP contribution in [0.5, 0.6) is 0 Å². The number of halogens is 2. The summed E-state index contributed by atoms with van der Waals surface area (Å²) in [6.07, 6.45) is 1.29. The van der Waals surface area contributed by atoms with Crippen LogP contribution in [0.25, 0.3) is 5.69 Å². The van der Waals surface area contributed by atoms with Gasteiger partial charge in [0.25, 0.3) is 0 Å². The van der Waals surface area contributed by atoms with Gasteiger partial charge < -0.3 is 15.0 Å². The molecular formula is C27H31Cl2N5O3. The number of ether oxygens (including phenoxy) is 1. The normalized spacial score (nSPS) is 15.6. The van der Waals surface area contributed by atoms with Crippen LogP contribution in [0.4, 0.5) is 16.3 Å². The van der Waals surface area contributed by atoms with Crippen LogP contribution < -0.4 is 10.6 Å². The van der Waals surface area contributed by atoms with Gasteiger partial charge in [0.05, 0.1) is 39.6 Å². The molecular weight excluding hydrogens is 513 g/mol. The molecule has 10 heteroatoms. The summed E-state index contributed by atoms with van der Waals surface area (Å²) in [5, 5.41) is 11.0. The zero-order valence-corrected chi connectivity index (χ0v) is 22.9. The van der Waals surface area contributed by atoms with Crippen LogP contribution in [0.1, 0.15) is 38.4 Å². The molecule has 0 unspecified atom stereocenters. The number of nitrogens with one attached hydrogen (secondary N) is 2. The number of carbonyl (C=O) groups is 2. The van der Waals surface area contributed by atoms with Crippen LogP contribution in [0.3, 0.4) is 0 Å². The summed E-state index contributed by atoms with van der Waals surface area (Å²) in [6, 6.07) is 14.0. The van der Waals surface area contributed by atoms with Crippen molar-refractivity contribution in [1.29, 1.82) is 0 Å². The van der Waals surface area contributed by atoms with Gasteiger partial charge in [0.15, 0.2) is 0 Å². The molecule has 1 saturated heterocycles. The molecule has 4 rings (SSSR count). The third-order valence-electron chi connectivity index (χ3n) is 6.29. The molecule has 1 atom stereocenters. The summed E-state index contributed by atoms with van der Waals surface area (Å²) in [7, 11) is 1.68. The highest BCUT2D eigenvalue weighted by atomic mass is 35.5. The Kier molecular flexibility index (Phi) is 8.11. The van der Waals surface area contributed by atoms with E-state index in [0.717, 1.165) is 29.9 Å². The van der Waals surface area contributed by atoms with Gasteiger partial charge >= 0.3 is 6.03 Å². The number of urea groups is 1. The molecule has 196 valence electrons. The van der Waals surface area contributed by atoms with E-state index < -0.39 is 6.03 Å². The van der Waals surface area contributed by atoms with Gasteiger partial charge in [0.1, 0.15) is 5.82 Å². The predicted octanol–water partition coefficient (Wildman–Crippen LogP) is 5.91. The lowest BCUT2D eigenvalue weighted by atomic mass is 9.92. The second kappa shape index (κ2) is 11.1. The molecule has 8 nitrogen and oxygen atoms in total. The Labute approximate surface area is 226 Å². The highest BCUT2D eigenvalue weighted by Crippen LogP contribution is 2.30. The van der Waals surface area contributed by atoms with E-state index in [9.17, 15) is 9.59 Å². The average molecular weight is 544 g/mol. The second-order valence-electron chi connectivity index (χ2n) is 10.1. The summed E-state index contributed by atoms with van der Waals surface area (Å²) in [4.78, 5) is 27.4. The van der Waals surface area contributed by atoms with Crippen molar-refractivity contribution in [2.75, 3.05) is 30.8 Å². The summed E-state index contributed by atoms with van der Waals surface area (Å²) >= 11 is 12.3. The predicted molar refractivity (Wildman–Crippen MR) is 147 cm³/mol. The first kappa shape index (κ1) is 27.0. The van der Waals surface area contributed by atoms with Crippen molar-refractivity contribution in [3.8, 4) is 5.69 Å². The van der Waals surface area contributed by atoms with Gasteiger partial charge in [-0.05, 0) is 36.2 Å². The number of aromatic nitrogens is 2. The highest BCUT2D eigenvalue weighted by Gasteiger charge is 2.26. The minimum atomic E-state index is -0.479. The van der Waals surface area contributed by atoms with Gasteiger partial charge in [-0.25, -0.2) is 9.48 Å². The molecule has 1 aliphatic heterocycles. The van der Waals surface area contributed by atoms with Crippen LogP contribution in [0, 0.1) is 0 Å². The Morgan fingerprint density at radius 3 is 2.49 bits per heavy atom. The third kappa shape index (κ3) is 6.44. The first-order valence-electron chi connectivity index (χ1n) is 12.1. The van der Waals surface area contributed by atoms with Crippen molar-refractivity contribution in [2.45, 2.75) is 45.1 Å². The summed E-state index contributed by atoms with van der Waals surface area (Å²) in [6.45, 7) is 7.51. The monoisotopic (exact) mass is 543 g/mol. The minimum absolute atomic E-state index is 0.0834. The number of likely N-dealkylation sites (tertiary alicyclic amines) is 1. The van der Waals surface area contributed by atoms with Gasteiger partial charge in [-0.2, -0.15) is 5.10 Å². The van der Waals surface area contributed by atoms with E-state index in [2.05, 4.69) is 31.4 Å². The van der Waals surface area contributed by atoms with E-state index >= 15 is 0 Å². The summed E-state index contributed by atoms with van der Waals surface area (Å²) < 4.78 is 7.04. The SMILES string of the molecule is CO[C@@H]1CCN(C(=O)Cc2ccc(-n3nc(C(C)(C)C)cc3NC(=O)Nc3cccc(Cl)c3Cl)cc2)C1. The molecule has 1 fully saturated rings. The number of benzene rings is 2. The largest absolute Gasteiger partial charge is 0.380 e. The molecule has 0 spiro atoms. The zero-order chi connectivity index (χ0) is 26.7. The first-order chi connectivity index (χ1) is 17.5. The van der Waals surface area contributed by atoms with Crippen LogP contribution >= 0.6 is 23.2 Å². The van der Waals surface area contributed by atoms with Gasteiger partial charge in [0, 0.05) is 31.7 Å². The number of anilines is 2. The standard InChI is InChI=1S/C27H31Cl2N5O3/c1-27(2,3)22-15-23(31-26(36)30-21-7-5-6-20(28)25(21)29)34(32-22)18-10-8-17(9-11-18)14-24(35)33-13-12-19(16-33)37-4/h5-11,15,19H,12-14,16H2,1-4H3,(H2,30,31,36)/t19-/m1/s1. The molecule has 3 amide bonds. The molecule has 0 bridgehead atoms. The van der Waals surface area contributed by atoms with Gasteiger partial charge in [-0.3, -0.25) is 10.1 Å². The number of carbonyl (C=O) groups excluding carboxylic acids is 2. The van der Waals surface area contributed by atoms with Crippen molar-refractivity contribution in [1.82, 2.24) is 14.7 Å². The first-order valence-corrected chi connectivity index (χ1v) is 12.8. The average Bonchev–Trinajstić information content (AvgIpc) is 3.50. The molecule has 2 heterocycles. The minimum Gasteiger partial charge on any atom is -0.380 e. The quantitative estimate of drug-likeness (QED) is 0.404. The van der Waals surface area contributed by atoms with Crippen molar-refractivity contribution >= 4 is 46.6 Å². The number of hydrogen-bond donors (Lipinski definition) is 2. The third-order valence-corrected chi connectivity index (χ3v) is 7.11. The molecule has 0 aliphatic carbocycles. The van der Waals surface area contributed by atoms with Crippen LogP contribution in [0.2, 0.25) is 10.0 Å². The van der Waals surface area contributed by atoms with Crippen LogP contribution in [0.15, 0.2) is 48.5 Å². The van der Waals surface area contributed by atoms with Gasteiger partial charge in [-0.15, -0.1) is 0 Å². The Bertz CT molecular complexity index is 1280. The van der Waals surface area contributed by atoms with Crippen molar-refractivity contribution in [2.24, 2.45) is 0 Å². The van der Waals surface area contributed by atoms with Gasteiger partial charge in [0.2, 0.25) is 5.91 Å². The van der Waals surface area contributed by atoms with E-state index in [1.165, 1.54) is 0 Å². The van der Waals surface area contributed by atoms with E-state index in [0.29, 0.717) is 29.5 Å². The summed E-state index contributed by atoms with van der Waals surface area (Å²) in [5.41, 5.74) is 2.63. The number of nitrogens with zero attached hydrogens (tertiary/aromatic N) is 3. The molecule has 1 aromatic heterocycles. The number of rotatable bonds is 6. The molecule has 0 saturated carbocycles. The fourth-order valence-electron chi connectivity index (χ4n) is 4.09. The topological polar surface area (TPSA) is 88.5 Å². The molecule has 0 radical (unpaired) electrons. The van der Waals surface area contributed by atoms with Crippen molar-refractivity contribution < 1.29 is 14.3 Å². The fraction of sp³-hybridized carbons (Fsp3) is 0.370. The number of hydrogen-bond acceptors (Lipinski definition) is 4. The fourth-order valence-corrected chi connectivity index (χ4v) is 4.44. The molecule has 3 aromatic rings. The van der Waals surface area contributed by atoms with E-state index in [1.54, 1.807) is 30.0 Å². The van der Waals surface area contributed by atoms with Gasteiger partial charge in [-0.1, -0.05) is 62.2 Å². The summed E-state index contributed by atoms with van der Waals surface area (Å²) in [5.74, 6) is 0.576. The molecule has 37 heavy (non-hydrogen) atoms. The number of methoxy groups -OCH3 is 1. The lowest BCUT2D eigenvalue weighted by Crippen LogP contribution is -2.31. The second-order valence-corrected chi connectivity index (χ2v) is 10.9. The lowest BCUT2D eigenvalue weighted by molar-refractivity contribution is -0.129. The maximum Gasteiger partial charge on any atom is 0.324 e. The molecule has 1 aliphatic rings. The highest BCUT2D eigenvalue weighted by molar-refractivity contribution is 6.44. The van der Waals surface area contributed by atoms with Crippen LogP contribution in [-0.2, 0) is 21.4 Å². The Morgan fingerprint density at radius 1 is 1.11 bits per heavy atom. The van der Waals surface area contributed by atoms with Crippen molar-refractivity contribution in [3.05, 3.63) is 69.8 Å².